The minimum atomic E-state index is -0.167. The molecule has 0 unspecified atom stereocenters. The molecule has 1 aromatic carbocycles. The lowest BCUT2D eigenvalue weighted by molar-refractivity contribution is 0.0954. The van der Waals surface area contributed by atoms with Crippen molar-refractivity contribution in [1.82, 2.24) is 25.1 Å². The summed E-state index contributed by atoms with van der Waals surface area (Å²) in [6.07, 6.45) is 5.21. The maximum atomic E-state index is 12.4. The first kappa shape index (κ1) is 19.3. The van der Waals surface area contributed by atoms with Gasteiger partial charge in [-0.15, -0.1) is 0 Å². The number of rotatable bonds is 9. The molecule has 3 aromatic rings. The van der Waals surface area contributed by atoms with Crippen molar-refractivity contribution in [2.45, 2.75) is 20.3 Å². The van der Waals surface area contributed by atoms with E-state index in [0.29, 0.717) is 37.6 Å². The molecule has 2 heterocycles. The minimum Gasteiger partial charge on any atom is -0.490 e. The molecule has 0 atom stereocenters. The van der Waals surface area contributed by atoms with Gasteiger partial charge in [-0.1, -0.05) is 6.07 Å². The predicted molar refractivity (Wildman–Crippen MR) is 104 cm³/mol. The Balaban J connectivity index is 1.60. The van der Waals surface area contributed by atoms with Crippen molar-refractivity contribution in [3.8, 4) is 17.3 Å². The van der Waals surface area contributed by atoms with Crippen LogP contribution in [-0.2, 0) is 6.42 Å². The molecule has 0 saturated carbocycles. The van der Waals surface area contributed by atoms with Crippen LogP contribution in [0.5, 0.6) is 11.5 Å². The Morgan fingerprint density at radius 2 is 1.93 bits per heavy atom. The standard InChI is InChI=1S/C20H23N5O3/c1-3-27-17-6-5-15(11-18(17)28-4-2)7-9-23-20(26)16-8-10-22-19(12-16)25-14-21-13-24-25/h5-6,8,10-14H,3-4,7,9H2,1-2H3,(H,23,26). The summed E-state index contributed by atoms with van der Waals surface area (Å²) in [7, 11) is 0. The van der Waals surface area contributed by atoms with Crippen LogP contribution in [0.3, 0.4) is 0 Å². The Morgan fingerprint density at radius 1 is 1.11 bits per heavy atom. The van der Waals surface area contributed by atoms with E-state index in [4.69, 9.17) is 9.47 Å². The number of hydrogen-bond donors (Lipinski definition) is 1. The number of hydrogen-bond acceptors (Lipinski definition) is 6. The predicted octanol–water partition coefficient (Wildman–Crippen LogP) is 2.43. The third kappa shape index (κ3) is 4.85. The van der Waals surface area contributed by atoms with Gasteiger partial charge in [-0.05, 0) is 50.1 Å². The van der Waals surface area contributed by atoms with Crippen molar-refractivity contribution < 1.29 is 14.3 Å². The van der Waals surface area contributed by atoms with Crippen LogP contribution in [0.4, 0.5) is 0 Å². The fourth-order valence-corrected chi connectivity index (χ4v) is 2.68. The van der Waals surface area contributed by atoms with Crippen LogP contribution in [0.15, 0.2) is 49.2 Å². The average molecular weight is 381 g/mol. The molecule has 0 aliphatic rings. The monoisotopic (exact) mass is 381 g/mol. The molecule has 0 aliphatic heterocycles. The van der Waals surface area contributed by atoms with Gasteiger partial charge in [0.05, 0.1) is 13.2 Å². The molecule has 2 aromatic heterocycles. The van der Waals surface area contributed by atoms with Crippen LogP contribution in [0, 0.1) is 0 Å². The summed E-state index contributed by atoms with van der Waals surface area (Å²) in [4.78, 5) is 20.5. The molecule has 1 amide bonds. The molecule has 146 valence electrons. The van der Waals surface area contributed by atoms with Gasteiger partial charge in [0.2, 0.25) is 0 Å². The lowest BCUT2D eigenvalue weighted by atomic mass is 10.1. The van der Waals surface area contributed by atoms with Crippen molar-refractivity contribution in [1.29, 1.82) is 0 Å². The molecule has 0 bridgehead atoms. The summed E-state index contributed by atoms with van der Waals surface area (Å²) in [5, 5.41) is 6.95. The highest BCUT2D eigenvalue weighted by atomic mass is 16.5. The lowest BCUT2D eigenvalue weighted by Crippen LogP contribution is -2.26. The smallest absolute Gasteiger partial charge is 0.251 e. The fourth-order valence-electron chi connectivity index (χ4n) is 2.68. The molecule has 0 saturated heterocycles. The summed E-state index contributed by atoms with van der Waals surface area (Å²) in [5.74, 6) is 1.83. The number of amides is 1. The molecular formula is C20H23N5O3. The summed E-state index contributed by atoms with van der Waals surface area (Å²) < 4.78 is 12.7. The van der Waals surface area contributed by atoms with Crippen LogP contribution >= 0.6 is 0 Å². The van der Waals surface area contributed by atoms with Gasteiger partial charge < -0.3 is 14.8 Å². The Bertz CT molecular complexity index is 912. The topological polar surface area (TPSA) is 91.2 Å². The van der Waals surface area contributed by atoms with Crippen LogP contribution in [-0.4, -0.2) is 45.4 Å². The number of ether oxygens (including phenoxy) is 2. The Hall–Kier alpha value is -3.42. The van der Waals surface area contributed by atoms with Gasteiger partial charge in [-0.25, -0.2) is 14.6 Å². The largest absolute Gasteiger partial charge is 0.490 e. The average Bonchev–Trinajstić information content (AvgIpc) is 3.25. The minimum absolute atomic E-state index is 0.167. The van der Waals surface area contributed by atoms with E-state index in [1.807, 2.05) is 32.0 Å². The SMILES string of the molecule is CCOc1ccc(CCNC(=O)c2ccnc(-n3cncn3)c2)cc1OCC. The number of benzene rings is 1. The highest BCUT2D eigenvalue weighted by molar-refractivity contribution is 5.94. The molecule has 0 aliphatic carbocycles. The normalized spacial score (nSPS) is 10.5. The number of carbonyl (C=O) groups excluding carboxylic acids is 1. The molecule has 0 radical (unpaired) electrons. The van der Waals surface area contributed by atoms with E-state index in [1.54, 1.807) is 18.3 Å². The molecule has 8 nitrogen and oxygen atoms in total. The van der Waals surface area contributed by atoms with Gasteiger partial charge in [-0.2, -0.15) is 5.10 Å². The first-order chi connectivity index (χ1) is 13.7. The van der Waals surface area contributed by atoms with Crippen LogP contribution in [0.2, 0.25) is 0 Å². The second-order valence-corrected chi connectivity index (χ2v) is 5.90. The van der Waals surface area contributed by atoms with Crippen molar-refractivity contribution >= 4 is 5.91 Å². The van der Waals surface area contributed by atoms with E-state index in [2.05, 4.69) is 20.4 Å². The first-order valence-corrected chi connectivity index (χ1v) is 9.19. The molecule has 8 heteroatoms. The van der Waals surface area contributed by atoms with Crippen molar-refractivity contribution in [3.63, 3.8) is 0 Å². The highest BCUT2D eigenvalue weighted by Gasteiger charge is 2.09. The molecule has 1 N–H and O–H groups in total. The van der Waals surface area contributed by atoms with Crippen LogP contribution in [0.25, 0.3) is 5.82 Å². The number of nitrogens with zero attached hydrogens (tertiary/aromatic N) is 4. The van der Waals surface area contributed by atoms with Gasteiger partial charge in [-0.3, -0.25) is 4.79 Å². The Labute approximate surface area is 163 Å². The summed E-state index contributed by atoms with van der Waals surface area (Å²) in [6.45, 7) is 5.52. The highest BCUT2D eigenvalue weighted by Crippen LogP contribution is 2.28. The van der Waals surface area contributed by atoms with Gasteiger partial charge in [0.1, 0.15) is 12.7 Å². The second kappa shape index (κ2) is 9.50. The lowest BCUT2D eigenvalue weighted by Gasteiger charge is -2.12. The third-order valence-electron chi connectivity index (χ3n) is 3.97. The number of carbonyl (C=O) groups is 1. The maximum absolute atomic E-state index is 12.4. The number of nitrogens with one attached hydrogen (secondary N) is 1. The van der Waals surface area contributed by atoms with E-state index in [1.165, 1.54) is 17.3 Å². The van der Waals surface area contributed by atoms with Gasteiger partial charge in [0.15, 0.2) is 17.3 Å². The molecule has 28 heavy (non-hydrogen) atoms. The van der Waals surface area contributed by atoms with Gasteiger partial charge in [0.25, 0.3) is 5.91 Å². The summed E-state index contributed by atoms with van der Waals surface area (Å²) in [6, 6.07) is 9.18. The first-order valence-electron chi connectivity index (χ1n) is 9.19. The van der Waals surface area contributed by atoms with Crippen LogP contribution < -0.4 is 14.8 Å². The second-order valence-electron chi connectivity index (χ2n) is 5.90. The quantitative estimate of drug-likeness (QED) is 0.612. The van der Waals surface area contributed by atoms with E-state index >= 15 is 0 Å². The van der Waals surface area contributed by atoms with E-state index in [9.17, 15) is 4.79 Å². The molecule has 3 rings (SSSR count). The zero-order valence-electron chi connectivity index (χ0n) is 16.0. The van der Waals surface area contributed by atoms with Crippen LogP contribution in [0.1, 0.15) is 29.8 Å². The number of pyridine rings is 1. The molecule has 0 fully saturated rings. The van der Waals surface area contributed by atoms with E-state index in [0.717, 1.165) is 17.1 Å². The molecular weight excluding hydrogens is 358 g/mol. The Kier molecular flexibility index (Phi) is 6.56. The van der Waals surface area contributed by atoms with Crippen molar-refractivity contribution in [3.05, 3.63) is 60.3 Å². The van der Waals surface area contributed by atoms with Gasteiger partial charge >= 0.3 is 0 Å². The fraction of sp³-hybridized carbons (Fsp3) is 0.300. The van der Waals surface area contributed by atoms with E-state index in [-0.39, 0.29) is 5.91 Å². The van der Waals surface area contributed by atoms with E-state index < -0.39 is 0 Å². The molecule has 0 spiro atoms. The van der Waals surface area contributed by atoms with Crippen molar-refractivity contribution in [2.24, 2.45) is 0 Å². The third-order valence-corrected chi connectivity index (χ3v) is 3.97. The zero-order chi connectivity index (χ0) is 19.8. The Morgan fingerprint density at radius 3 is 2.68 bits per heavy atom. The van der Waals surface area contributed by atoms with Crippen molar-refractivity contribution in [2.75, 3.05) is 19.8 Å². The zero-order valence-corrected chi connectivity index (χ0v) is 16.0. The maximum Gasteiger partial charge on any atom is 0.251 e. The summed E-state index contributed by atoms with van der Waals surface area (Å²) in [5.41, 5.74) is 1.58. The summed E-state index contributed by atoms with van der Waals surface area (Å²) >= 11 is 0. The number of aromatic nitrogens is 4. The van der Waals surface area contributed by atoms with Gasteiger partial charge in [0, 0.05) is 18.3 Å².